The highest BCUT2D eigenvalue weighted by Gasteiger charge is 2.20. The van der Waals surface area contributed by atoms with Crippen molar-refractivity contribution in [3.8, 4) is 5.75 Å². The number of amides is 1. The van der Waals surface area contributed by atoms with Crippen molar-refractivity contribution in [2.45, 2.75) is 13.0 Å². The molecule has 0 heterocycles. The molecule has 0 aliphatic heterocycles. The maximum absolute atomic E-state index is 12.0. The molecule has 7 nitrogen and oxygen atoms in total. The lowest BCUT2D eigenvalue weighted by Crippen LogP contribution is -2.33. The third-order valence-corrected chi connectivity index (χ3v) is 3.93. The molecule has 0 aliphatic rings. The highest BCUT2D eigenvalue weighted by Crippen LogP contribution is 2.27. The van der Waals surface area contributed by atoms with Crippen LogP contribution in [0.1, 0.15) is 12.5 Å². The van der Waals surface area contributed by atoms with E-state index >= 15 is 0 Å². The smallest absolute Gasteiger partial charge is 0.310 e. The van der Waals surface area contributed by atoms with Crippen LogP contribution < -0.4 is 10.2 Å². The van der Waals surface area contributed by atoms with Gasteiger partial charge in [0.25, 0.3) is 5.91 Å². The Balaban J connectivity index is 2.00. The maximum Gasteiger partial charge on any atom is 0.310 e. The van der Waals surface area contributed by atoms with E-state index < -0.39 is 16.9 Å². The molecule has 1 amide bonds. The second kappa shape index (κ2) is 8.46. The normalized spacial score (nSPS) is 12.0. The number of rotatable bonds is 6. The fourth-order valence-corrected chi connectivity index (χ4v) is 2.18. The van der Waals surface area contributed by atoms with Crippen LogP contribution in [0, 0.1) is 10.1 Å². The third-order valence-electron chi connectivity index (χ3n) is 3.09. The van der Waals surface area contributed by atoms with Crippen molar-refractivity contribution in [1.82, 2.24) is 5.43 Å². The number of para-hydroxylation sites is 2. The molecule has 0 spiro atoms. The van der Waals surface area contributed by atoms with Crippen molar-refractivity contribution in [2.75, 3.05) is 0 Å². The van der Waals surface area contributed by atoms with Gasteiger partial charge in [-0.15, -0.1) is 0 Å². The van der Waals surface area contributed by atoms with Gasteiger partial charge in [-0.1, -0.05) is 47.5 Å². The number of halogens is 2. The highest BCUT2D eigenvalue weighted by atomic mass is 35.5. The van der Waals surface area contributed by atoms with Crippen molar-refractivity contribution in [1.29, 1.82) is 0 Å². The zero-order chi connectivity index (χ0) is 18.4. The highest BCUT2D eigenvalue weighted by molar-refractivity contribution is 6.43. The Bertz CT molecular complexity index is 827. The Morgan fingerprint density at radius 1 is 1.28 bits per heavy atom. The number of nitro groups is 1. The predicted molar refractivity (Wildman–Crippen MR) is 95.4 cm³/mol. The van der Waals surface area contributed by atoms with Crippen molar-refractivity contribution >= 4 is 41.0 Å². The molecule has 2 aromatic rings. The zero-order valence-electron chi connectivity index (χ0n) is 13.0. The van der Waals surface area contributed by atoms with Crippen molar-refractivity contribution in [3.63, 3.8) is 0 Å². The largest absolute Gasteiger partial charge is 0.474 e. The van der Waals surface area contributed by atoms with Gasteiger partial charge in [0.05, 0.1) is 21.2 Å². The summed E-state index contributed by atoms with van der Waals surface area (Å²) in [6.45, 7) is 1.45. The van der Waals surface area contributed by atoms with E-state index in [0.717, 1.165) is 0 Å². The Morgan fingerprint density at radius 2 is 2.00 bits per heavy atom. The van der Waals surface area contributed by atoms with Crippen LogP contribution in [0.2, 0.25) is 10.0 Å². The number of hydrogen-bond donors (Lipinski definition) is 1. The summed E-state index contributed by atoms with van der Waals surface area (Å²) in [4.78, 5) is 22.3. The van der Waals surface area contributed by atoms with E-state index in [2.05, 4.69) is 10.5 Å². The van der Waals surface area contributed by atoms with E-state index in [1.54, 1.807) is 24.3 Å². The van der Waals surface area contributed by atoms with Gasteiger partial charge in [0.15, 0.2) is 11.9 Å². The lowest BCUT2D eigenvalue weighted by molar-refractivity contribution is -0.386. The first-order valence-corrected chi connectivity index (χ1v) is 7.82. The Kier molecular flexibility index (Phi) is 6.32. The van der Waals surface area contributed by atoms with Gasteiger partial charge in [-0.2, -0.15) is 5.10 Å². The summed E-state index contributed by atoms with van der Waals surface area (Å²) in [7, 11) is 0. The van der Waals surface area contributed by atoms with E-state index in [0.29, 0.717) is 15.6 Å². The molecule has 2 aromatic carbocycles. The van der Waals surface area contributed by atoms with Gasteiger partial charge >= 0.3 is 5.69 Å². The van der Waals surface area contributed by atoms with E-state index in [-0.39, 0.29) is 11.4 Å². The van der Waals surface area contributed by atoms with E-state index in [1.165, 1.54) is 31.3 Å². The molecule has 2 rings (SSSR count). The molecule has 9 heteroatoms. The average Bonchev–Trinajstić information content (AvgIpc) is 2.58. The molecule has 0 bridgehead atoms. The number of nitrogens with zero attached hydrogens (tertiary/aromatic N) is 2. The van der Waals surface area contributed by atoms with Crippen LogP contribution in [-0.2, 0) is 4.79 Å². The number of nitro benzene ring substituents is 1. The molecule has 0 aliphatic carbocycles. The van der Waals surface area contributed by atoms with Gasteiger partial charge in [-0.05, 0) is 19.1 Å². The number of nitrogens with one attached hydrogen (secondary N) is 1. The summed E-state index contributed by atoms with van der Waals surface area (Å²) in [5.74, 6) is -0.579. The minimum absolute atomic E-state index is 0.00276. The van der Waals surface area contributed by atoms with Crippen LogP contribution in [0.5, 0.6) is 5.75 Å². The van der Waals surface area contributed by atoms with Gasteiger partial charge in [-0.3, -0.25) is 14.9 Å². The van der Waals surface area contributed by atoms with Crippen molar-refractivity contribution < 1.29 is 14.5 Å². The molecule has 0 aromatic heterocycles. The molecular formula is C16H13Cl2N3O4. The van der Waals surface area contributed by atoms with Gasteiger partial charge in [0.1, 0.15) is 0 Å². The molecule has 0 unspecified atom stereocenters. The minimum Gasteiger partial charge on any atom is -0.474 e. The Hall–Kier alpha value is -2.64. The molecule has 1 N–H and O–H groups in total. The van der Waals surface area contributed by atoms with Crippen LogP contribution in [0.15, 0.2) is 47.6 Å². The molecule has 0 saturated carbocycles. The number of carbonyl (C=O) groups is 1. The van der Waals surface area contributed by atoms with E-state index in [1.807, 2.05) is 0 Å². The predicted octanol–water partition coefficient (Wildman–Crippen LogP) is 3.82. The van der Waals surface area contributed by atoms with Crippen LogP contribution >= 0.6 is 23.2 Å². The number of hydrazone groups is 1. The summed E-state index contributed by atoms with van der Waals surface area (Å²) in [5.41, 5.74) is 2.58. The number of carbonyl (C=O) groups excluding carboxylic acids is 1. The molecule has 25 heavy (non-hydrogen) atoms. The summed E-state index contributed by atoms with van der Waals surface area (Å²) in [6, 6.07) is 10.8. The van der Waals surface area contributed by atoms with Gasteiger partial charge in [0.2, 0.25) is 0 Å². The first-order valence-electron chi connectivity index (χ1n) is 7.07. The standard InChI is InChI=1S/C16H13Cl2N3O4/c1-10(25-14-8-3-2-7-13(14)21(23)24)16(22)20-19-9-11-5-4-6-12(17)15(11)18/h2-10H,1H3,(H,20,22)/t10-/m0/s1. The second-order valence-electron chi connectivity index (χ2n) is 4.86. The molecule has 130 valence electrons. The van der Waals surface area contributed by atoms with E-state index in [9.17, 15) is 14.9 Å². The number of hydrogen-bond acceptors (Lipinski definition) is 5. The van der Waals surface area contributed by atoms with Crippen LogP contribution in [0.25, 0.3) is 0 Å². The lowest BCUT2D eigenvalue weighted by atomic mass is 10.2. The summed E-state index contributed by atoms with van der Waals surface area (Å²) in [5, 5.41) is 15.4. The number of benzene rings is 2. The maximum atomic E-state index is 12.0. The van der Waals surface area contributed by atoms with Crippen molar-refractivity contribution in [2.24, 2.45) is 5.10 Å². The van der Waals surface area contributed by atoms with Crippen LogP contribution in [-0.4, -0.2) is 23.1 Å². The quantitative estimate of drug-likeness (QED) is 0.467. The molecule has 1 atom stereocenters. The first-order chi connectivity index (χ1) is 11.9. The average molecular weight is 382 g/mol. The van der Waals surface area contributed by atoms with E-state index in [4.69, 9.17) is 27.9 Å². The van der Waals surface area contributed by atoms with Gasteiger partial charge in [0, 0.05) is 11.6 Å². The van der Waals surface area contributed by atoms with Crippen molar-refractivity contribution in [3.05, 3.63) is 68.2 Å². The topological polar surface area (TPSA) is 93.8 Å². The molecular weight excluding hydrogens is 369 g/mol. The summed E-state index contributed by atoms with van der Waals surface area (Å²) in [6.07, 6.45) is 0.345. The second-order valence-corrected chi connectivity index (χ2v) is 5.65. The van der Waals surface area contributed by atoms with Gasteiger partial charge in [-0.25, -0.2) is 5.43 Å². The fourth-order valence-electron chi connectivity index (χ4n) is 1.83. The molecule has 0 saturated heterocycles. The van der Waals surface area contributed by atoms with Crippen LogP contribution in [0.3, 0.4) is 0 Å². The fraction of sp³-hybridized carbons (Fsp3) is 0.125. The SMILES string of the molecule is C[C@H](Oc1ccccc1[N+](=O)[O-])C(=O)NN=Cc1cccc(Cl)c1Cl. The Morgan fingerprint density at radius 3 is 2.72 bits per heavy atom. The summed E-state index contributed by atoms with van der Waals surface area (Å²) < 4.78 is 5.34. The van der Waals surface area contributed by atoms with Gasteiger partial charge < -0.3 is 4.74 Å². The summed E-state index contributed by atoms with van der Waals surface area (Å²) >= 11 is 11.9. The third kappa shape index (κ3) is 4.91. The molecule has 0 fully saturated rings. The van der Waals surface area contributed by atoms with Crippen LogP contribution in [0.4, 0.5) is 5.69 Å². The number of ether oxygens (including phenoxy) is 1. The first kappa shape index (κ1) is 18.7. The lowest BCUT2D eigenvalue weighted by Gasteiger charge is -2.12. The zero-order valence-corrected chi connectivity index (χ0v) is 14.5. The minimum atomic E-state index is -0.993. The monoisotopic (exact) mass is 381 g/mol. The Labute approximate surface area is 153 Å². The molecule has 0 radical (unpaired) electrons.